The molecule has 1 rings (SSSR count). The van der Waals surface area contributed by atoms with Gasteiger partial charge in [-0.15, -0.1) is 0 Å². The molecule has 0 aliphatic carbocycles. The maximum absolute atomic E-state index is 12.4. The van der Waals surface area contributed by atoms with E-state index in [1.807, 2.05) is 4.90 Å². The quantitative estimate of drug-likeness (QED) is 0.640. The fourth-order valence-corrected chi connectivity index (χ4v) is 1.56. The topological polar surface area (TPSA) is 53.3 Å². The Balaban J connectivity index is 2.66. The van der Waals surface area contributed by atoms with Gasteiger partial charge in [0.25, 0.3) is 0 Å². The van der Waals surface area contributed by atoms with Crippen LogP contribution in [0, 0.1) is 0 Å². The van der Waals surface area contributed by atoms with Gasteiger partial charge in [0.05, 0.1) is 5.70 Å². The maximum Gasteiger partial charge on any atom is 0.432 e. The van der Waals surface area contributed by atoms with Gasteiger partial charge in [-0.2, -0.15) is 13.2 Å². The molecule has 0 amide bonds. The first-order valence-corrected chi connectivity index (χ1v) is 5.11. The zero-order valence-corrected chi connectivity index (χ0v) is 9.19. The molecule has 1 heterocycles. The summed E-state index contributed by atoms with van der Waals surface area (Å²) in [4.78, 5) is 1.93. The van der Waals surface area contributed by atoms with E-state index in [9.17, 15) is 13.2 Å². The van der Waals surface area contributed by atoms with Crippen molar-refractivity contribution in [1.29, 1.82) is 0 Å². The van der Waals surface area contributed by atoms with Gasteiger partial charge in [-0.05, 0) is 0 Å². The first kappa shape index (κ1) is 13.1. The summed E-state index contributed by atoms with van der Waals surface area (Å²) in [6.07, 6.45) is -4.47. The van der Waals surface area contributed by atoms with Gasteiger partial charge in [-0.25, -0.2) is 0 Å². The van der Waals surface area contributed by atoms with Gasteiger partial charge in [0.15, 0.2) is 0 Å². The van der Waals surface area contributed by atoms with Crippen LogP contribution in [0.15, 0.2) is 11.4 Å². The molecule has 0 spiro atoms. The van der Waals surface area contributed by atoms with E-state index >= 15 is 0 Å². The van der Waals surface area contributed by atoms with Crippen molar-refractivity contribution in [3.63, 3.8) is 0 Å². The molecule has 4 nitrogen and oxygen atoms in total. The van der Waals surface area contributed by atoms with Crippen LogP contribution in [-0.2, 0) is 0 Å². The monoisotopic (exact) mass is 238 g/mol. The Morgan fingerprint density at radius 2 is 1.94 bits per heavy atom. The number of alkyl halides is 3. The summed E-state index contributed by atoms with van der Waals surface area (Å²) in [5, 5.41) is 5.66. The lowest BCUT2D eigenvalue weighted by molar-refractivity contribution is -0.0941. The van der Waals surface area contributed by atoms with Crippen molar-refractivity contribution in [2.75, 3.05) is 39.8 Å². The number of rotatable bonds is 3. The molecule has 1 aliphatic rings. The summed E-state index contributed by atoms with van der Waals surface area (Å²) in [7, 11) is 1.45. The normalized spacial score (nSPS) is 20.5. The lowest BCUT2D eigenvalue weighted by atomic mass is 10.2. The third-order valence-electron chi connectivity index (χ3n) is 2.52. The standard InChI is InChI=1S/C9H17F3N4/c1-14-7(8(13)9(10,11)12)6-16-4-2-15-3-5-16/h14-15H,2-6,13H2,1H3/b8-7-. The van der Waals surface area contributed by atoms with Gasteiger partial charge < -0.3 is 16.4 Å². The van der Waals surface area contributed by atoms with Crippen LogP contribution in [0.2, 0.25) is 0 Å². The van der Waals surface area contributed by atoms with Gasteiger partial charge in [-0.3, -0.25) is 4.90 Å². The Hall–Kier alpha value is -0.950. The van der Waals surface area contributed by atoms with Crippen LogP contribution in [0.5, 0.6) is 0 Å². The Morgan fingerprint density at radius 1 is 1.38 bits per heavy atom. The van der Waals surface area contributed by atoms with Crippen LogP contribution in [0.1, 0.15) is 0 Å². The number of nitrogens with zero attached hydrogens (tertiary/aromatic N) is 1. The van der Waals surface area contributed by atoms with Crippen molar-refractivity contribution >= 4 is 0 Å². The average molecular weight is 238 g/mol. The summed E-state index contributed by atoms with van der Waals surface area (Å²) < 4.78 is 37.2. The number of hydrogen-bond donors (Lipinski definition) is 3. The highest BCUT2D eigenvalue weighted by atomic mass is 19.4. The van der Waals surface area contributed by atoms with Gasteiger partial charge in [0, 0.05) is 39.8 Å². The van der Waals surface area contributed by atoms with Gasteiger partial charge in [0.2, 0.25) is 0 Å². The van der Waals surface area contributed by atoms with Crippen LogP contribution in [-0.4, -0.2) is 50.8 Å². The molecule has 0 atom stereocenters. The van der Waals surface area contributed by atoms with Gasteiger partial charge >= 0.3 is 6.18 Å². The average Bonchev–Trinajstić information content (AvgIpc) is 2.25. The fraction of sp³-hybridized carbons (Fsp3) is 0.778. The summed E-state index contributed by atoms with van der Waals surface area (Å²) in [5.41, 5.74) is 4.08. The second-order valence-corrected chi connectivity index (χ2v) is 3.67. The van der Waals surface area contributed by atoms with E-state index < -0.39 is 11.9 Å². The van der Waals surface area contributed by atoms with E-state index in [0.29, 0.717) is 0 Å². The van der Waals surface area contributed by atoms with Gasteiger partial charge in [0.1, 0.15) is 5.70 Å². The van der Waals surface area contributed by atoms with E-state index in [1.165, 1.54) is 7.05 Å². The molecule has 0 unspecified atom stereocenters. The largest absolute Gasteiger partial charge is 0.432 e. The predicted molar refractivity (Wildman–Crippen MR) is 55.6 cm³/mol. The predicted octanol–water partition coefficient (Wildman–Crippen LogP) is -0.156. The first-order valence-electron chi connectivity index (χ1n) is 5.11. The number of likely N-dealkylation sites (N-methyl/N-ethyl adjacent to an activating group) is 1. The van der Waals surface area contributed by atoms with Crippen molar-refractivity contribution in [2.24, 2.45) is 5.73 Å². The van der Waals surface area contributed by atoms with Crippen LogP contribution < -0.4 is 16.4 Å². The Labute approximate surface area is 92.7 Å². The highest BCUT2D eigenvalue weighted by Gasteiger charge is 2.34. The second kappa shape index (κ2) is 5.40. The molecule has 0 aromatic rings. The Morgan fingerprint density at radius 3 is 2.38 bits per heavy atom. The van der Waals surface area contributed by atoms with Crippen molar-refractivity contribution in [2.45, 2.75) is 6.18 Å². The van der Waals surface area contributed by atoms with Gasteiger partial charge in [-0.1, -0.05) is 0 Å². The molecule has 1 fully saturated rings. The molecule has 0 aromatic heterocycles. The Bertz CT molecular complexity index is 256. The summed E-state index contributed by atoms with van der Waals surface area (Å²) >= 11 is 0. The molecule has 1 aliphatic heterocycles. The number of allylic oxidation sites excluding steroid dienone is 1. The second-order valence-electron chi connectivity index (χ2n) is 3.67. The molecular weight excluding hydrogens is 221 g/mol. The minimum atomic E-state index is -4.47. The van der Waals surface area contributed by atoms with Crippen LogP contribution in [0.4, 0.5) is 13.2 Å². The molecule has 0 aromatic carbocycles. The highest BCUT2D eigenvalue weighted by Crippen LogP contribution is 2.23. The number of nitrogens with one attached hydrogen (secondary N) is 2. The third kappa shape index (κ3) is 3.57. The minimum Gasteiger partial charge on any atom is -0.393 e. The molecular formula is C9H17F3N4. The smallest absolute Gasteiger partial charge is 0.393 e. The number of piperazine rings is 1. The molecule has 1 saturated heterocycles. The zero-order valence-electron chi connectivity index (χ0n) is 9.19. The Kier molecular flexibility index (Phi) is 4.43. The fourth-order valence-electron chi connectivity index (χ4n) is 1.56. The SMILES string of the molecule is CN/C(CN1CCNCC1)=C(\N)C(F)(F)F. The van der Waals surface area contributed by atoms with Crippen molar-refractivity contribution in [3.05, 3.63) is 11.4 Å². The van der Waals surface area contributed by atoms with Crippen LogP contribution in [0.25, 0.3) is 0 Å². The summed E-state index contributed by atoms with van der Waals surface area (Å²) in [6, 6.07) is 0. The lowest BCUT2D eigenvalue weighted by Crippen LogP contribution is -2.45. The van der Waals surface area contributed by atoms with Crippen LogP contribution >= 0.6 is 0 Å². The third-order valence-corrected chi connectivity index (χ3v) is 2.52. The van der Waals surface area contributed by atoms with E-state index in [0.717, 1.165) is 26.2 Å². The lowest BCUT2D eigenvalue weighted by Gasteiger charge is -2.28. The highest BCUT2D eigenvalue weighted by molar-refractivity contribution is 5.15. The summed E-state index contributed by atoms with van der Waals surface area (Å²) in [6.45, 7) is 3.27. The van der Waals surface area contributed by atoms with E-state index in [1.54, 1.807) is 0 Å². The molecule has 4 N–H and O–H groups in total. The summed E-state index contributed by atoms with van der Waals surface area (Å²) in [5.74, 6) is 0. The van der Waals surface area contributed by atoms with E-state index in [2.05, 4.69) is 10.6 Å². The van der Waals surface area contributed by atoms with Crippen molar-refractivity contribution in [3.8, 4) is 0 Å². The number of hydrogen-bond acceptors (Lipinski definition) is 4. The van der Waals surface area contributed by atoms with E-state index in [4.69, 9.17) is 5.73 Å². The van der Waals surface area contributed by atoms with Crippen molar-refractivity contribution in [1.82, 2.24) is 15.5 Å². The van der Waals surface area contributed by atoms with Crippen LogP contribution in [0.3, 0.4) is 0 Å². The molecule has 16 heavy (non-hydrogen) atoms. The van der Waals surface area contributed by atoms with E-state index in [-0.39, 0.29) is 12.2 Å². The first-order chi connectivity index (χ1) is 7.45. The number of halogens is 3. The minimum absolute atomic E-state index is 0.0365. The molecule has 94 valence electrons. The number of nitrogens with two attached hydrogens (primary N) is 1. The molecule has 0 radical (unpaired) electrons. The molecule has 7 heteroatoms. The maximum atomic E-state index is 12.4. The molecule has 0 saturated carbocycles. The zero-order chi connectivity index (χ0) is 12.2. The molecule has 0 bridgehead atoms. The van der Waals surface area contributed by atoms with Crippen molar-refractivity contribution < 1.29 is 13.2 Å².